The van der Waals surface area contributed by atoms with E-state index in [1.54, 1.807) is 6.20 Å². The normalized spacial score (nSPS) is 20.1. The van der Waals surface area contributed by atoms with Crippen molar-refractivity contribution in [2.45, 2.75) is 18.8 Å². The molecule has 0 amide bonds. The van der Waals surface area contributed by atoms with Gasteiger partial charge in [-0.3, -0.25) is 0 Å². The van der Waals surface area contributed by atoms with Gasteiger partial charge in [0.2, 0.25) is 0 Å². The molecule has 1 aromatic rings. The minimum atomic E-state index is 0.455. The fraction of sp³-hybridized carbons (Fsp3) is 0.583. The van der Waals surface area contributed by atoms with Gasteiger partial charge in [-0.15, -0.1) is 0 Å². The first kappa shape index (κ1) is 10.5. The molecule has 2 aliphatic rings. The van der Waals surface area contributed by atoms with E-state index >= 15 is 0 Å². The number of nitriles is 1. The Morgan fingerprint density at radius 2 is 2.12 bits per heavy atom. The predicted molar refractivity (Wildman–Crippen MR) is 63.8 cm³/mol. The van der Waals surface area contributed by atoms with Gasteiger partial charge in [-0.05, 0) is 12.8 Å². The monoisotopic (exact) mass is 229 g/mol. The maximum absolute atomic E-state index is 9.10. The molecule has 17 heavy (non-hydrogen) atoms. The number of anilines is 1. The van der Waals surface area contributed by atoms with Gasteiger partial charge >= 0.3 is 0 Å². The third kappa shape index (κ3) is 2.08. The molecule has 1 saturated carbocycles. The summed E-state index contributed by atoms with van der Waals surface area (Å²) < 4.78 is 0. The van der Waals surface area contributed by atoms with Crippen molar-refractivity contribution in [1.82, 2.24) is 15.3 Å². The number of nitrogens with zero attached hydrogens (tertiary/aromatic N) is 4. The zero-order chi connectivity index (χ0) is 11.7. The maximum Gasteiger partial charge on any atom is 0.183 e. The summed E-state index contributed by atoms with van der Waals surface area (Å²) in [7, 11) is 0. The molecule has 5 heteroatoms. The van der Waals surface area contributed by atoms with Crippen molar-refractivity contribution in [2.24, 2.45) is 0 Å². The number of rotatable bonds is 2. The molecule has 1 aliphatic heterocycles. The average Bonchev–Trinajstić information content (AvgIpc) is 3.23. The minimum absolute atomic E-state index is 0.455. The minimum Gasteiger partial charge on any atom is -0.352 e. The molecule has 2 heterocycles. The lowest BCUT2D eigenvalue weighted by Gasteiger charge is -2.28. The second-order valence-corrected chi connectivity index (χ2v) is 4.59. The Kier molecular flexibility index (Phi) is 2.65. The summed E-state index contributed by atoms with van der Waals surface area (Å²) in [4.78, 5) is 11.1. The first-order chi connectivity index (χ1) is 8.38. The molecule has 0 bridgehead atoms. The van der Waals surface area contributed by atoms with Crippen molar-refractivity contribution in [3.05, 3.63) is 17.6 Å². The standard InChI is InChI=1S/C12H15N5/c13-7-10-12(17-5-3-14-4-6-17)16-11(8-15-10)9-1-2-9/h8-9,14H,1-6H2. The van der Waals surface area contributed by atoms with Crippen LogP contribution in [-0.2, 0) is 0 Å². The van der Waals surface area contributed by atoms with Gasteiger partial charge in [0.15, 0.2) is 11.5 Å². The summed E-state index contributed by atoms with van der Waals surface area (Å²) in [6, 6.07) is 2.14. The van der Waals surface area contributed by atoms with Crippen molar-refractivity contribution in [3.63, 3.8) is 0 Å². The lowest BCUT2D eigenvalue weighted by atomic mass is 10.2. The molecule has 1 aliphatic carbocycles. The molecule has 0 spiro atoms. The lowest BCUT2D eigenvalue weighted by molar-refractivity contribution is 0.583. The molecule has 0 radical (unpaired) electrons. The molecule has 1 N–H and O–H groups in total. The van der Waals surface area contributed by atoms with Crippen LogP contribution in [0.4, 0.5) is 5.82 Å². The molecule has 1 saturated heterocycles. The van der Waals surface area contributed by atoms with E-state index in [4.69, 9.17) is 5.26 Å². The van der Waals surface area contributed by atoms with Crippen LogP contribution in [0.25, 0.3) is 0 Å². The predicted octanol–water partition coefficient (Wildman–Crippen LogP) is 0.635. The fourth-order valence-corrected chi connectivity index (χ4v) is 2.14. The van der Waals surface area contributed by atoms with Gasteiger partial charge in [0.25, 0.3) is 0 Å². The summed E-state index contributed by atoms with van der Waals surface area (Å²) in [5, 5.41) is 12.4. The van der Waals surface area contributed by atoms with Crippen molar-refractivity contribution in [3.8, 4) is 6.07 Å². The quantitative estimate of drug-likeness (QED) is 0.806. The third-order valence-corrected chi connectivity index (χ3v) is 3.29. The average molecular weight is 229 g/mol. The van der Waals surface area contributed by atoms with Crippen LogP contribution >= 0.6 is 0 Å². The summed E-state index contributed by atoms with van der Waals surface area (Å²) in [5.74, 6) is 1.36. The van der Waals surface area contributed by atoms with E-state index in [1.807, 2.05) is 0 Å². The first-order valence-corrected chi connectivity index (χ1v) is 6.11. The number of hydrogen-bond donors (Lipinski definition) is 1. The topological polar surface area (TPSA) is 64.8 Å². The highest BCUT2D eigenvalue weighted by molar-refractivity contribution is 5.51. The van der Waals surface area contributed by atoms with Gasteiger partial charge in [0, 0.05) is 32.1 Å². The van der Waals surface area contributed by atoms with E-state index in [1.165, 1.54) is 12.8 Å². The number of nitrogens with one attached hydrogen (secondary N) is 1. The molecule has 2 fully saturated rings. The summed E-state index contributed by atoms with van der Waals surface area (Å²) in [6.07, 6.45) is 4.19. The highest BCUT2D eigenvalue weighted by Gasteiger charge is 2.27. The van der Waals surface area contributed by atoms with E-state index in [0.717, 1.165) is 37.7 Å². The second kappa shape index (κ2) is 4.30. The van der Waals surface area contributed by atoms with Crippen LogP contribution in [0.5, 0.6) is 0 Å². The highest BCUT2D eigenvalue weighted by Crippen LogP contribution is 2.39. The van der Waals surface area contributed by atoms with Crippen LogP contribution in [0.15, 0.2) is 6.20 Å². The Labute approximate surface area is 100 Å². The molecular weight excluding hydrogens is 214 g/mol. The molecule has 88 valence electrons. The maximum atomic E-state index is 9.10. The van der Waals surface area contributed by atoms with Gasteiger partial charge in [0.1, 0.15) is 6.07 Å². The summed E-state index contributed by atoms with van der Waals surface area (Å²) in [5.41, 5.74) is 1.51. The van der Waals surface area contributed by atoms with E-state index in [0.29, 0.717) is 11.6 Å². The largest absolute Gasteiger partial charge is 0.352 e. The van der Waals surface area contributed by atoms with Crippen LogP contribution in [0.2, 0.25) is 0 Å². The first-order valence-electron chi connectivity index (χ1n) is 6.11. The lowest BCUT2D eigenvalue weighted by Crippen LogP contribution is -2.44. The van der Waals surface area contributed by atoms with Crippen LogP contribution < -0.4 is 10.2 Å². The molecule has 0 atom stereocenters. The Balaban J connectivity index is 1.93. The summed E-state index contributed by atoms with van der Waals surface area (Å²) in [6.45, 7) is 3.69. The van der Waals surface area contributed by atoms with E-state index < -0.39 is 0 Å². The zero-order valence-corrected chi connectivity index (χ0v) is 9.69. The summed E-state index contributed by atoms with van der Waals surface area (Å²) >= 11 is 0. The zero-order valence-electron chi connectivity index (χ0n) is 9.69. The molecular formula is C12H15N5. The number of piperazine rings is 1. The van der Waals surface area contributed by atoms with E-state index in [2.05, 4.69) is 26.3 Å². The van der Waals surface area contributed by atoms with Gasteiger partial charge < -0.3 is 10.2 Å². The third-order valence-electron chi connectivity index (χ3n) is 3.29. The van der Waals surface area contributed by atoms with Crippen molar-refractivity contribution >= 4 is 5.82 Å². The van der Waals surface area contributed by atoms with Crippen molar-refractivity contribution in [1.29, 1.82) is 5.26 Å². The van der Waals surface area contributed by atoms with Crippen LogP contribution in [0.1, 0.15) is 30.1 Å². The fourth-order valence-electron chi connectivity index (χ4n) is 2.14. The van der Waals surface area contributed by atoms with Crippen LogP contribution in [0.3, 0.4) is 0 Å². The van der Waals surface area contributed by atoms with Gasteiger partial charge in [0.05, 0.1) is 11.9 Å². The van der Waals surface area contributed by atoms with Gasteiger partial charge in [-0.25, -0.2) is 9.97 Å². The van der Waals surface area contributed by atoms with Gasteiger partial charge in [-0.2, -0.15) is 5.26 Å². The molecule has 3 rings (SSSR count). The van der Waals surface area contributed by atoms with Crippen molar-refractivity contribution < 1.29 is 0 Å². The van der Waals surface area contributed by atoms with Crippen molar-refractivity contribution in [2.75, 3.05) is 31.1 Å². The Morgan fingerprint density at radius 3 is 2.76 bits per heavy atom. The Bertz CT molecular complexity index is 454. The Morgan fingerprint density at radius 1 is 1.35 bits per heavy atom. The van der Waals surface area contributed by atoms with Gasteiger partial charge in [-0.1, -0.05) is 0 Å². The molecule has 1 aromatic heterocycles. The molecule has 0 aromatic carbocycles. The van der Waals surface area contributed by atoms with Crippen LogP contribution in [0, 0.1) is 11.3 Å². The Hall–Kier alpha value is -1.67. The SMILES string of the molecule is N#Cc1ncc(C2CC2)nc1N1CCNCC1. The highest BCUT2D eigenvalue weighted by atomic mass is 15.2. The van der Waals surface area contributed by atoms with E-state index in [-0.39, 0.29) is 0 Å². The molecule has 5 nitrogen and oxygen atoms in total. The van der Waals surface area contributed by atoms with Crippen LogP contribution in [-0.4, -0.2) is 36.1 Å². The molecule has 0 unspecified atom stereocenters. The smallest absolute Gasteiger partial charge is 0.183 e. The van der Waals surface area contributed by atoms with E-state index in [9.17, 15) is 0 Å². The number of aromatic nitrogens is 2. The number of hydrogen-bond acceptors (Lipinski definition) is 5. The second-order valence-electron chi connectivity index (χ2n) is 4.59.